The zero-order valence-electron chi connectivity index (χ0n) is 20.0. The average Bonchev–Trinajstić information content (AvgIpc) is 2.85. The van der Waals surface area contributed by atoms with Crippen molar-refractivity contribution in [2.24, 2.45) is 5.92 Å². The Labute approximate surface area is 196 Å². The van der Waals surface area contributed by atoms with E-state index in [2.05, 4.69) is 34.5 Å². The molecule has 0 aromatic heterocycles. The molecule has 0 spiro atoms. The van der Waals surface area contributed by atoms with Gasteiger partial charge in [0.15, 0.2) is 0 Å². The number of rotatable bonds is 9. The third-order valence-electron chi connectivity index (χ3n) is 6.08. The molecule has 178 valence electrons. The number of carbonyl (C=O) groups excluding carboxylic acids is 2. The summed E-state index contributed by atoms with van der Waals surface area (Å²) in [5.74, 6) is 0.666. The van der Waals surface area contributed by atoms with Gasteiger partial charge >= 0.3 is 0 Å². The van der Waals surface area contributed by atoms with Crippen molar-refractivity contribution in [3.05, 3.63) is 59.7 Å². The Hall–Kier alpha value is -3.06. The first-order valence-electron chi connectivity index (χ1n) is 11.5. The molecular weight excluding hydrogens is 418 g/mol. The molecule has 3 rings (SSSR count). The molecule has 2 aromatic carbocycles. The predicted molar refractivity (Wildman–Crippen MR) is 129 cm³/mol. The van der Waals surface area contributed by atoms with E-state index in [9.17, 15) is 9.59 Å². The lowest BCUT2D eigenvalue weighted by Crippen LogP contribution is -2.56. The van der Waals surface area contributed by atoms with Gasteiger partial charge in [0.1, 0.15) is 17.5 Å². The number of benzene rings is 2. The number of hydrogen-bond acceptors (Lipinski definition) is 5. The molecule has 1 heterocycles. The van der Waals surface area contributed by atoms with Gasteiger partial charge in [0.2, 0.25) is 5.91 Å². The molecule has 7 heteroatoms. The van der Waals surface area contributed by atoms with E-state index in [4.69, 9.17) is 9.47 Å². The first kappa shape index (κ1) is 24.6. The highest BCUT2D eigenvalue weighted by molar-refractivity contribution is 5.98. The lowest BCUT2D eigenvalue weighted by Gasteiger charge is -2.37. The van der Waals surface area contributed by atoms with Crippen molar-refractivity contribution in [3.63, 3.8) is 0 Å². The van der Waals surface area contributed by atoms with Crippen LogP contribution >= 0.6 is 0 Å². The van der Waals surface area contributed by atoms with Gasteiger partial charge in [0, 0.05) is 44.4 Å². The van der Waals surface area contributed by atoms with Crippen molar-refractivity contribution in [2.45, 2.75) is 26.3 Å². The molecule has 1 aliphatic heterocycles. The summed E-state index contributed by atoms with van der Waals surface area (Å²) < 4.78 is 10.5. The Balaban J connectivity index is 1.57. The molecule has 2 aromatic rings. The second-order valence-corrected chi connectivity index (χ2v) is 8.70. The quantitative estimate of drug-likeness (QED) is 0.632. The maximum atomic E-state index is 13.3. The van der Waals surface area contributed by atoms with Gasteiger partial charge in [0.25, 0.3) is 5.91 Å². The Kier molecular flexibility index (Phi) is 8.72. The van der Waals surface area contributed by atoms with Crippen LogP contribution in [0.3, 0.4) is 0 Å². The van der Waals surface area contributed by atoms with Crippen LogP contribution in [-0.2, 0) is 11.2 Å². The monoisotopic (exact) mass is 453 g/mol. The van der Waals surface area contributed by atoms with Crippen LogP contribution in [0.5, 0.6) is 11.5 Å². The summed E-state index contributed by atoms with van der Waals surface area (Å²) in [7, 11) is 3.08. The number of ether oxygens (including phenoxy) is 2. The normalized spacial score (nSPS) is 15.2. The second kappa shape index (κ2) is 11.7. The minimum absolute atomic E-state index is 0.0316. The first-order valence-corrected chi connectivity index (χ1v) is 11.5. The van der Waals surface area contributed by atoms with Gasteiger partial charge in [-0.2, -0.15) is 0 Å². The Morgan fingerprint density at radius 1 is 0.939 bits per heavy atom. The maximum absolute atomic E-state index is 13.3. The van der Waals surface area contributed by atoms with E-state index >= 15 is 0 Å². The SMILES string of the molecule is COc1cc(OC)cc(C(=O)N[C@H](C(=O)N2CCN(CCc3ccccc3)CC2)C(C)C)c1. The maximum Gasteiger partial charge on any atom is 0.252 e. The number of nitrogens with zero attached hydrogens (tertiary/aromatic N) is 2. The van der Waals surface area contributed by atoms with E-state index in [-0.39, 0.29) is 17.7 Å². The molecule has 1 aliphatic rings. The molecule has 7 nitrogen and oxygen atoms in total. The van der Waals surface area contributed by atoms with E-state index in [0.717, 1.165) is 26.1 Å². The van der Waals surface area contributed by atoms with E-state index in [1.807, 2.05) is 24.8 Å². The molecular formula is C26H35N3O4. The van der Waals surface area contributed by atoms with Gasteiger partial charge in [-0.25, -0.2) is 0 Å². The summed E-state index contributed by atoms with van der Waals surface area (Å²) in [5, 5.41) is 2.94. The van der Waals surface area contributed by atoms with Crippen molar-refractivity contribution < 1.29 is 19.1 Å². The van der Waals surface area contributed by atoms with Crippen LogP contribution in [0.15, 0.2) is 48.5 Å². The second-order valence-electron chi connectivity index (χ2n) is 8.70. The van der Waals surface area contributed by atoms with Crippen LogP contribution in [0.2, 0.25) is 0 Å². The summed E-state index contributed by atoms with van der Waals surface area (Å²) >= 11 is 0. The molecule has 0 unspecified atom stereocenters. The number of hydrogen-bond donors (Lipinski definition) is 1. The predicted octanol–water partition coefficient (Wildman–Crippen LogP) is 2.85. The molecule has 1 atom stereocenters. The largest absolute Gasteiger partial charge is 0.497 e. The fourth-order valence-corrected chi connectivity index (χ4v) is 4.00. The first-order chi connectivity index (χ1) is 15.9. The summed E-state index contributed by atoms with van der Waals surface area (Å²) in [5.41, 5.74) is 1.73. The molecule has 1 N–H and O–H groups in total. The van der Waals surface area contributed by atoms with Gasteiger partial charge in [0.05, 0.1) is 14.2 Å². The van der Waals surface area contributed by atoms with Crippen LogP contribution in [0, 0.1) is 5.92 Å². The summed E-state index contributed by atoms with van der Waals surface area (Å²) in [4.78, 5) is 30.5. The fraction of sp³-hybridized carbons (Fsp3) is 0.462. The Morgan fingerprint density at radius 3 is 2.09 bits per heavy atom. The van der Waals surface area contributed by atoms with Gasteiger partial charge in [-0.05, 0) is 30.0 Å². The number of nitrogens with one attached hydrogen (secondary N) is 1. The number of carbonyl (C=O) groups is 2. The zero-order valence-corrected chi connectivity index (χ0v) is 20.0. The van der Waals surface area contributed by atoms with E-state index < -0.39 is 6.04 Å². The lowest BCUT2D eigenvalue weighted by molar-refractivity contribution is -0.136. The van der Waals surface area contributed by atoms with Gasteiger partial charge in [-0.15, -0.1) is 0 Å². The topological polar surface area (TPSA) is 71.1 Å². The van der Waals surface area contributed by atoms with Gasteiger partial charge < -0.3 is 19.7 Å². The van der Waals surface area contributed by atoms with E-state index in [1.165, 1.54) is 19.8 Å². The van der Waals surface area contributed by atoms with Gasteiger partial charge in [-0.1, -0.05) is 44.2 Å². The van der Waals surface area contributed by atoms with Crippen LogP contribution in [-0.4, -0.2) is 74.6 Å². The van der Waals surface area contributed by atoms with Crippen LogP contribution < -0.4 is 14.8 Å². The summed E-state index contributed by atoms with van der Waals surface area (Å²) in [6.45, 7) is 7.89. The average molecular weight is 454 g/mol. The minimum atomic E-state index is -0.592. The van der Waals surface area contributed by atoms with Crippen molar-refractivity contribution in [1.29, 1.82) is 0 Å². The van der Waals surface area contributed by atoms with Gasteiger partial charge in [-0.3, -0.25) is 14.5 Å². The molecule has 33 heavy (non-hydrogen) atoms. The van der Waals surface area contributed by atoms with Crippen molar-refractivity contribution >= 4 is 11.8 Å². The fourth-order valence-electron chi connectivity index (χ4n) is 4.00. The Morgan fingerprint density at radius 2 is 1.55 bits per heavy atom. The van der Waals surface area contributed by atoms with Crippen molar-refractivity contribution in [2.75, 3.05) is 46.9 Å². The summed E-state index contributed by atoms with van der Waals surface area (Å²) in [6.07, 6.45) is 1.00. The molecule has 2 amide bonds. The third-order valence-corrected chi connectivity index (χ3v) is 6.08. The van der Waals surface area contributed by atoms with E-state index in [0.29, 0.717) is 30.2 Å². The highest BCUT2D eigenvalue weighted by Gasteiger charge is 2.31. The highest BCUT2D eigenvalue weighted by atomic mass is 16.5. The molecule has 0 saturated carbocycles. The van der Waals surface area contributed by atoms with Crippen LogP contribution in [0.1, 0.15) is 29.8 Å². The third kappa shape index (κ3) is 6.71. The highest BCUT2D eigenvalue weighted by Crippen LogP contribution is 2.23. The molecule has 0 radical (unpaired) electrons. The van der Waals surface area contributed by atoms with Crippen molar-refractivity contribution in [1.82, 2.24) is 15.1 Å². The molecule has 1 saturated heterocycles. The molecule has 1 fully saturated rings. The number of amides is 2. The van der Waals surface area contributed by atoms with Crippen LogP contribution in [0.4, 0.5) is 0 Å². The smallest absolute Gasteiger partial charge is 0.252 e. The lowest BCUT2D eigenvalue weighted by atomic mass is 10.0. The minimum Gasteiger partial charge on any atom is -0.497 e. The Bertz CT molecular complexity index is 902. The van der Waals surface area contributed by atoms with E-state index in [1.54, 1.807) is 18.2 Å². The molecule has 0 aliphatic carbocycles. The molecule has 0 bridgehead atoms. The summed E-state index contributed by atoms with van der Waals surface area (Å²) in [6, 6.07) is 14.9. The van der Waals surface area contributed by atoms with Crippen molar-refractivity contribution in [3.8, 4) is 11.5 Å². The zero-order chi connectivity index (χ0) is 23.8. The standard InChI is InChI=1S/C26H35N3O4/c1-19(2)24(27-25(30)21-16-22(32-3)18-23(17-21)33-4)26(31)29-14-12-28(13-15-29)11-10-20-8-6-5-7-9-20/h5-9,16-19,24H,10-15H2,1-4H3,(H,27,30)/t24-/m0/s1. The number of methoxy groups -OCH3 is 2. The number of piperazine rings is 1. The van der Waals surface area contributed by atoms with Crippen LogP contribution in [0.25, 0.3) is 0 Å².